The lowest BCUT2D eigenvalue weighted by atomic mass is 9.83. The van der Waals surface area contributed by atoms with Crippen molar-refractivity contribution in [2.45, 2.75) is 0 Å². The van der Waals surface area contributed by atoms with Crippen molar-refractivity contribution >= 4 is 67.8 Å². The molecule has 4 aromatic rings. The molecule has 2 aliphatic rings. The Morgan fingerprint density at radius 3 is 2.05 bits per heavy atom. The predicted octanol–water partition coefficient (Wildman–Crippen LogP) is 6.46. The predicted molar refractivity (Wildman–Crippen MR) is 153 cm³/mol. The number of rotatable bonds is 4. The van der Waals surface area contributed by atoms with Gasteiger partial charge in [-0.2, -0.15) is 5.10 Å². The van der Waals surface area contributed by atoms with E-state index in [1.54, 1.807) is 42.5 Å². The summed E-state index contributed by atoms with van der Waals surface area (Å²) in [6.07, 6.45) is 0. The third kappa shape index (κ3) is 4.16. The first kappa shape index (κ1) is 23.0. The number of nitrogens with zero attached hydrogens (tertiary/aromatic N) is 3. The number of hydrazone groups is 1. The topological polar surface area (TPSA) is 74.1 Å². The molecule has 4 aromatic carbocycles. The van der Waals surface area contributed by atoms with Gasteiger partial charge in [0.15, 0.2) is 21.8 Å². The number of para-hydroxylation sites is 2. The second kappa shape index (κ2) is 9.57. The fourth-order valence-electron chi connectivity index (χ4n) is 4.27. The van der Waals surface area contributed by atoms with Crippen LogP contribution < -0.4 is 10.3 Å². The molecule has 0 aromatic heterocycles. The fourth-order valence-corrected chi connectivity index (χ4v) is 5.57. The molecule has 1 fully saturated rings. The summed E-state index contributed by atoms with van der Waals surface area (Å²) in [6.45, 7) is 0. The van der Waals surface area contributed by atoms with Crippen LogP contribution >= 0.6 is 24.0 Å². The van der Waals surface area contributed by atoms with E-state index < -0.39 is 0 Å². The van der Waals surface area contributed by atoms with Crippen molar-refractivity contribution in [2.24, 2.45) is 10.1 Å². The Kier molecular flexibility index (Phi) is 5.96. The number of benzene rings is 4. The lowest BCUT2D eigenvalue weighted by molar-refractivity contribution is 0.0979. The van der Waals surface area contributed by atoms with Crippen molar-refractivity contribution in [1.82, 2.24) is 0 Å². The molecule has 1 aliphatic heterocycles. The van der Waals surface area contributed by atoms with E-state index in [-0.39, 0.29) is 11.6 Å². The van der Waals surface area contributed by atoms with Gasteiger partial charge in [-0.1, -0.05) is 85.0 Å². The van der Waals surface area contributed by atoms with Crippen LogP contribution in [-0.4, -0.2) is 26.8 Å². The first-order chi connectivity index (χ1) is 18.1. The number of carbonyl (C=O) groups is 2. The minimum atomic E-state index is -0.215. The van der Waals surface area contributed by atoms with Gasteiger partial charge in [-0.15, -0.1) is 0 Å². The molecule has 1 saturated heterocycles. The van der Waals surface area contributed by atoms with Gasteiger partial charge in [0.05, 0.1) is 16.9 Å². The van der Waals surface area contributed by atoms with E-state index in [2.05, 4.69) is 10.5 Å². The molecular formula is C29H18N4O2S2. The van der Waals surface area contributed by atoms with Crippen molar-refractivity contribution in [3.63, 3.8) is 0 Å². The number of thiocarbonyl (C=S) groups is 1. The van der Waals surface area contributed by atoms with Crippen LogP contribution in [0.1, 0.15) is 31.8 Å². The molecule has 0 spiro atoms. The summed E-state index contributed by atoms with van der Waals surface area (Å²) < 4.78 is 0. The summed E-state index contributed by atoms with van der Waals surface area (Å²) in [7, 11) is 0. The Morgan fingerprint density at radius 1 is 0.703 bits per heavy atom. The van der Waals surface area contributed by atoms with Gasteiger partial charge in [-0.25, -0.2) is 4.99 Å². The van der Waals surface area contributed by atoms with Crippen LogP contribution in [0, 0.1) is 0 Å². The lowest BCUT2D eigenvalue weighted by Crippen LogP contribution is -2.29. The van der Waals surface area contributed by atoms with Gasteiger partial charge in [-0.05, 0) is 42.1 Å². The van der Waals surface area contributed by atoms with Crippen molar-refractivity contribution in [3.8, 4) is 0 Å². The van der Waals surface area contributed by atoms with Gasteiger partial charge in [0.2, 0.25) is 0 Å². The summed E-state index contributed by atoms with van der Waals surface area (Å²) >= 11 is 7.13. The minimum Gasteiger partial charge on any atom is -0.289 e. The molecule has 8 heteroatoms. The number of anilines is 2. The average Bonchev–Trinajstić information content (AvgIpc) is 3.25. The number of fused-ring (bicyclic) bond motifs is 2. The van der Waals surface area contributed by atoms with Crippen LogP contribution in [0.25, 0.3) is 0 Å². The van der Waals surface area contributed by atoms with E-state index in [0.29, 0.717) is 43.1 Å². The number of nitrogens with one attached hydrogen (secondary N) is 1. The van der Waals surface area contributed by atoms with Crippen LogP contribution in [0.5, 0.6) is 0 Å². The van der Waals surface area contributed by atoms with E-state index in [1.165, 1.54) is 11.8 Å². The summed E-state index contributed by atoms with van der Waals surface area (Å²) in [5, 5.41) is 5.76. The van der Waals surface area contributed by atoms with Gasteiger partial charge in [0.25, 0.3) is 0 Å². The number of hydrogen-bond acceptors (Lipinski definition) is 7. The number of aliphatic imine (C=N–C) groups is 1. The van der Waals surface area contributed by atoms with Gasteiger partial charge < -0.3 is 0 Å². The van der Waals surface area contributed by atoms with Gasteiger partial charge in [0, 0.05) is 22.4 Å². The maximum Gasteiger partial charge on any atom is 0.196 e. The Balaban J connectivity index is 1.37. The molecule has 178 valence electrons. The van der Waals surface area contributed by atoms with E-state index in [9.17, 15) is 9.59 Å². The minimum absolute atomic E-state index is 0.181. The monoisotopic (exact) mass is 518 g/mol. The first-order valence-electron chi connectivity index (χ1n) is 11.5. The van der Waals surface area contributed by atoms with E-state index >= 15 is 0 Å². The van der Waals surface area contributed by atoms with Crippen molar-refractivity contribution in [3.05, 3.63) is 125 Å². The van der Waals surface area contributed by atoms with E-state index in [4.69, 9.17) is 17.2 Å². The Labute approximate surface area is 222 Å². The standard InChI is InChI=1S/C29H18N4O2S2/c34-25-20-14-7-8-15-21(20)26(35)24-22(25)16-9-17-23(24)31-32-27-28(36)33(19-12-5-2-6-13-19)29(37-27)30-18-10-3-1-4-11-18/h1-17,31H/b30-29?,32-27-. The highest BCUT2D eigenvalue weighted by molar-refractivity contribution is 8.30. The summed E-state index contributed by atoms with van der Waals surface area (Å²) in [6, 6.07) is 31.4. The van der Waals surface area contributed by atoms with Crippen molar-refractivity contribution in [1.29, 1.82) is 0 Å². The maximum atomic E-state index is 13.3. The first-order valence-corrected chi connectivity index (χ1v) is 12.7. The van der Waals surface area contributed by atoms with Gasteiger partial charge >= 0.3 is 0 Å². The molecule has 37 heavy (non-hydrogen) atoms. The zero-order valence-corrected chi connectivity index (χ0v) is 20.9. The molecule has 6 nitrogen and oxygen atoms in total. The Bertz CT molecular complexity index is 1630. The maximum absolute atomic E-state index is 13.3. The van der Waals surface area contributed by atoms with Crippen LogP contribution in [-0.2, 0) is 0 Å². The largest absolute Gasteiger partial charge is 0.289 e. The zero-order chi connectivity index (χ0) is 25.4. The second-order valence-electron chi connectivity index (χ2n) is 8.27. The summed E-state index contributed by atoms with van der Waals surface area (Å²) in [5.41, 5.74) is 6.58. The number of thioether (sulfide) groups is 1. The number of hydrogen-bond donors (Lipinski definition) is 1. The van der Waals surface area contributed by atoms with Gasteiger partial charge in [0.1, 0.15) is 4.99 Å². The van der Waals surface area contributed by atoms with Crippen LogP contribution in [0.4, 0.5) is 17.1 Å². The molecular weight excluding hydrogens is 500 g/mol. The van der Waals surface area contributed by atoms with Crippen molar-refractivity contribution < 1.29 is 9.59 Å². The molecule has 6 rings (SSSR count). The van der Waals surface area contributed by atoms with Crippen LogP contribution in [0.15, 0.2) is 113 Å². The fraction of sp³-hybridized carbons (Fsp3) is 0. The van der Waals surface area contributed by atoms with Gasteiger partial charge in [-0.3, -0.25) is 19.9 Å². The lowest BCUT2D eigenvalue weighted by Gasteiger charge is -2.19. The molecule has 1 aliphatic carbocycles. The number of ketones is 2. The number of amidine groups is 1. The number of carbonyl (C=O) groups excluding carboxylic acids is 2. The highest BCUT2D eigenvalue weighted by Crippen LogP contribution is 2.34. The van der Waals surface area contributed by atoms with Crippen LogP contribution in [0.2, 0.25) is 0 Å². The highest BCUT2D eigenvalue weighted by atomic mass is 32.2. The smallest absolute Gasteiger partial charge is 0.196 e. The van der Waals surface area contributed by atoms with Crippen molar-refractivity contribution in [2.75, 3.05) is 10.3 Å². The molecule has 0 radical (unpaired) electrons. The SMILES string of the molecule is O=C1c2ccccc2C(=O)c2c(N/N=C3\SC(=Nc4ccccc4)N(c4ccccc4)C3=S)cccc21. The highest BCUT2D eigenvalue weighted by Gasteiger charge is 2.34. The Hall–Kier alpha value is -4.40. The molecule has 0 atom stereocenters. The second-order valence-corrected chi connectivity index (χ2v) is 9.61. The normalized spacial score (nSPS) is 16.8. The summed E-state index contributed by atoms with van der Waals surface area (Å²) in [4.78, 5) is 33.6. The van der Waals surface area contributed by atoms with Crippen LogP contribution in [0.3, 0.4) is 0 Å². The molecule has 0 bridgehead atoms. The average molecular weight is 519 g/mol. The quantitative estimate of drug-likeness (QED) is 0.218. The Morgan fingerprint density at radius 2 is 1.32 bits per heavy atom. The molecule has 0 amide bonds. The zero-order valence-electron chi connectivity index (χ0n) is 19.3. The van der Waals surface area contributed by atoms with E-state index in [0.717, 1.165) is 11.4 Å². The summed E-state index contributed by atoms with van der Waals surface area (Å²) in [5.74, 6) is -0.396. The molecule has 0 saturated carbocycles. The third-order valence-electron chi connectivity index (χ3n) is 5.99. The molecule has 0 unspecified atom stereocenters. The third-order valence-corrected chi connectivity index (χ3v) is 7.43. The molecule has 1 heterocycles. The molecule has 1 N–H and O–H groups in total. The van der Waals surface area contributed by atoms with E-state index in [1.807, 2.05) is 65.6 Å².